The lowest BCUT2D eigenvalue weighted by atomic mass is 10.0. The number of rotatable bonds is 5. The number of nitrogens with one attached hydrogen (secondary N) is 3. The number of carbonyl (C=O) groups is 3. The summed E-state index contributed by atoms with van der Waals surface area (Å²) >= 11 is 6.05. The third-order valence-corrected chi connectivity index (χ3v) is 3.17. The number of halogens is 1. The lowest BCUT2D eigenvalue weighted by Crippen LogP contribution is -2.46. The minimum absolute atomic E-state index is 0.0574. The van der Waals surface area contributed by atoms with Crippen LogP contribution in [0.2, 0.25) is 5.02 Å². The molecule has 0 aromatic heterocycles. The summed E-state index contributed by atoms with van der Waals surface area (Å²) < 4.78 is 0. The summed E-state index contributed by atoms with van der Waals surface area (Å²) in [5, 5.41) is 8.20. The summed E-state index contributed by atoms with van der Waals surface area (Å²) in [5.74, 6) is -0.885. The molecule has 0 spiro atoms. The molecule has 22 heavy (non-hydrogen) atoms. The number of hydrogen-bond acceptors (Lipinski definition) is 3. The highest BCUT2D eigenvalue weighted by Crippen LogP contribution is 2.25. The molecule has 0 aliphatic heterocycles. The van der Waals surface area contributed by atoms with E-state index in [0.29, 0.717) is 16.4 Å². The van der Waals surface area contributed by atoms with Gasteiger partial charge in [0.15, 0.2) is 0 Å². The minimum Gasteiger partial charge on any atom is -0.344 e. The van der Waals surface area contributed by atoms with Crippen LogP contribution in [0.15, 0.2) is 18.2 Å². The van der Waals surface area contributed by atoms with Crippen LogP contribution in [0.4, 0.5) is 11.4 Å². The van der Waals surface area contributed by atoms with E-state index in [1.54, 1.807) is 12.1 Å². The Morgan fingerprint density at radius 2 is 1.68 bits per heavy atom. The number of amides is 3. The van der Waals surface area contributed by atoms with Crippen molar-refractivity contribution >= 4 is 40.7 Å². The summed E-state index contributed by atoms with van der Waals surface area (Å²) in [4.78, 5) is 34.4. The zero-order valence-corrected chi connectivity index (χ0v) is 13.7. The standard InChI is InChI=1S/C15H20ClN3O3/c1-8(2)14(18-10(4)21)15(22)19-11-5-6-13(12(16)7-11)17-9(3)20/h5-8,14H,1-4H3,(H,17,20)(H,18,21)(H,19,22). The molecule has 1 rings (SSSR count). The zero-order valence-electron chi connectivity index (χ0n) is 13.0. The molecule has 6 nitrogen and oxygen atoms in total. The van der Waals surface area contributed by atoms with E-state index in [9.17, 15) is 14.4 Å². The van der Waals surface area contributed by atoms with E-state index in [0.717, 1.165) is 0 Å². The largest absolute Gasteiger partial charge is 0.344 e. The smallest absolute Gasteiger partial charge is 0.247 e. The third-order valence-electron chi connectivity index (χ3n) is 2.86. The van der Waals surface area contributed by atoms with Crippen molar-refractivity contribution in [2.75, 3.05) is 10.6 Å². The van der Waals surface area contributed by atoms with Crippen LogP contribution in [0, 0.1) is 5.92 Å². The van der Waals surface area contributed by atoms with Gasteiger partial charge in [0.2, 0.25) is 17.7 Å². The van der Waals surface area contributed by atoms with E-state index in [2.05, 4.69) is 16.0 Å². The Morgan fingerprint density at radius 1 is 1.05 bits per heavy atom. The van der Waals surface area contributed by atoms with Crippen LogP contribution in [0.1, 0.15) is 27.7 Å². The normalized spacial score (nSPS) is 11.7. The molecule has 1 atom stereocenters. The van der Waals surface area contributed by atoms with Gasteiger partial charge in [-0.05, 0) is 24.1 Å². The van der Waals surface area contributed by atoms with E-state index in [1.807, 2.05) is 13.8 Å². The van der Waals surface area contributed by atoms with Gasteiger partial charge in [-0.15, -0.1) is 0 Å². The Balaban J connectivity index is 2.85. The highest BCUT2D eigenvalue weighted by molar-refractivity contribution is 6.34. The Kier molecular flexibility index (Phi) is 6.37. The molecule has 3 N–H and O–H groups in total. The first-order valence-corrected chi connectivity index (χ1v) is 7.23. The van der Waals surface area contributed by atoms with E-state index >= 15 is 0 Å². The maximum absolute atomic E-state index is 12.2. The highest BCUT2D eigenvalue weighted by Gasteiger charge is 2.23. The molecule has 1 aromatic rings. The zero-order chi connectivity index (χ0) is 16.9. The van der Waals surface area contributed by atoms with Crippen LogP contribution in [0.5, 0.6) is 0 Å². The molecule has 1 unspecified atom stereocenters. The first-order chi connectivity index (χ1) is 10.2. The monoisotopic (exact) mass is 325 g/mol. The van der Waals surface area contributed by atoms with Crippen molar-refractivity contribution in [2.24, 2.45) is 5.92 Å². The Bertz CT molecular complexity index is 587. The molecule has 3 amide bonds. The van der Waals surface area contributed by atoms with Gasteiger partial charge in [0, 0.05) is 19.5 Å². The van der Waals surface area contributed by atoms with Crippen LogP contribution >= 0.6 is 11.6 Å². The topological polar surface area (TPSA) is 87.3 Å². The van der Waals surface area contributed by atoms with Crippen molar-refractivity contribution in [2.45, 2.75) is 33.7 Å². The molecular weight excluding hydrogens is 306 g/mol. The summed E-state index contributed by atoms with van der Waals surface area (Å²) in [7, 11) is 0. The van der Waals surface area contributed by atoms with Crippen molar-refractivity contribution in [1.29, 1.82) is 0 Å². The predicted octanol–water partition coefficient (Wildman–Crippen LogP) is 2.40. The summed E-state index contributed by atoms with van der Waals surface area (Å²) in [6, 6.07) is 4.13. The molecule has 0 fully saturated rings. The number of anilines is 2. The van der Waals surface area contributed by atoms with Gasteiger partial charge in [-0.3, -0.25) is 14.4 Å². The lowest BCUT2D eigenvalue weighted by Gasteiger charge is -2.21. The van der Waals surface area contributed by atoms with E-state index in [1.165, 1.54) is 19.9 Å². The van der Waals surface area contributed by atoms with E-state index < -0.39 is 6.04 Å². The molecule has 0 radical (unpaired) electrons. The van der Waals surface area contributed by atoms with Crippen LogP contribution in [-0.4, -0.2) is 23.8 Å². The molecule has 0 bridgehead atoms. The second-order valence-corrected chi connectivity index (χ2v) is 5.69. The first kappa shape index (κ1) is 18.0. The number of hydrogen-bond donors (Lipinski definition) is 3. The van der Waals surface area contributed by atoms with Crippen molar-refractivity contribution in [1.82, 2.24) is 5.32 Å². The molecule has 0 heterocycles. The fourth-order valence-corrected chi connectivity index (χ4v) is 2.09. The quantitative estimate of drug-likeness (QED) is 0.776. The maximum Gasteiger partial charge on any atom is 0.247 e. The molecule has 0 saturated heterocycles. The summed E-state index contributed by atoms with van der Waals surface area (Å²) in [6.07, 6.45) is 0. The molecule has 0 aliphatic carbocycles. The van der Waals surface area contributed by atoms with Crippen LogP contribution in [0.3, 0.4) is 0 Å². The number of carbonyl (C=O) groups excluding carboxylic acids is 3. The Morgan fingerprint density at radius 3 is 2.14 bits per heavy atom. The van der Waals surface area contributed by atoms with Crippen LogP contribution < -0.4 is 16.0 Å². The van der Waals surface area contributed by atoms with Crippen LogP contribution in [0.25, 0.3) is 0 Å². The van der Waals surface area contributed by atoms with Gasteiger partial charge in [0.25, 0.3) is 0 Å². The Labute approximate surface area is 134 Å². The Hall–Kier alpha value is -2.08. The van der Waals surface area contributed by atoms with E-state index in [4.69, 9.17) is 11.6 Å². The van der Waals surface area contributed by atoms with Gasteiger partial charge in [-0.25, -0.2) is 0 Å². The van der Waals surface area contributed by atoms with Gasteiger partial charge in [0.05, 0.1) is 10.7 Å². The fraction of sp³-hybridized carbons (Fsp3) is 0.400. The average molecular weight is 326 g/mol. The van der Waals surface area contributed by atoms with Crippen molar-refractivity contribution in [3.63, 3.8) is 0 Å². The summed E-state index contributed by atoms with van der Waals surface area (Å²) in [6.45, 7) is 6.43. The minimum atomic E-state index is -0.633. The van der Waals surface area contributed by atoms with Crippen molar-refractivity contribution in [3.8, 4) is 0 Å². The molecular formula is C15H20ClN3O3. The predicted molar refractivity (Wildman–Crippen MR) is 86.8 cm³/mol. The fourth-order valence-electron chi connectivity index (χ4n) is 1.86. The maximum atomic E-state index is 12.2. The molecule has 120 valence electrons. The second kappa shape index (κ2) is 7.79. The van der Waals surface area contributed by atoms with Crippen LogP contribution in [-0.2, 0) is 14.4 Å². The van der Waals surface area contributed by atoms with Gasteiger partial charge in [-0.2, -0.15) is 0 Å². The van der Waals surface area contributed by atoms with E-state index in [-0.39, 0.29) is 23.6 Å². The SMILES string of the molecule is CC(=O)Nc1ccc(NC(=O)C(NC(C)=O)C(C)C)cc1Cl. The van der Waals surface area contributed by atoms with Gasteiger partial charge >= 0.3 is 0 Å². The first-order valence-electron chi connectivity index (χ1n) is 6.85. The molecule has 0 saturated carbocycles. The summed E-state index contributed by atoms with van der Waals surface area (Å²) in [5.41, 5.74) is 0.953. The molecule has 1 aromatic carbocycles. The van der Waals surface area contributed by atoms with Crippen molar-refractivity contribution < 1.29 is 14.4 Å². The number of benzene rings is 1. The van der Waals surface area contributed by atoms with Gasteiger partial charge in [-0.1, -0.05) is 25.4 Å². The molecule has 7 heteroatoms. The third kappa shape index (κ3) is 5.37. The van der Waals surface area contributed by atoms with Gasteiger partial charge < -0.3 is 16.0 Å². The van der Waals surface area contributed by atoms with Crippen molar-refractivity contribution in [3.05, 3.63) is 23.2 Å². The molecule has 0 aliphatic rings. The highest BCUT2D eigenvalue weighted by atomic mass is 35.5. The average Bonchev–Trinajstić information content (AvgIpc) is 2.38. The van der Waals surface area contributed by atoms with Gasteiger partial charge in [0.1, 0.15) is 6.04 Å². The second-order valence-electron chi connectivity index (χ2n) is 5.29. The lowest BCUT2D eigenvalue weighted by molar-refractivity contribution is -0.126.